The Hall–Kier alpha value is -7.01. The number of carbonyl (C=O) groups is 6. The summed E-state index contributed by atoms with van der Waals surface area (Å²) in [5.41, 5.74) is 7.66. The predicted molar refractivity (Wildman–Crippen MR) is 306 cm³/mol. The number of pyridine rings is 1. The molecule has 8 aliphatic rings. The number of benzene rings is 3. The Morgan fingerprint density at radius 1 is 0.704 bits per heavy atom. The first kappa shape index (κ1) is 53.3. The number of piperidine rings is 4. The summed E-state index contributed by atoms with van der Waals surface area (Å²) < 4.78 is 17.2. The van der Waals surface area contributed by atoms with Crippen molar-refractivity contribution in [2.45, 2.75) is 153 Å². The smallest absolute Gasteiger partial charge is 0.238 e. The largest absolute Gasteiger partial charge is 0.342 e. The molecule has 81 heavy (non-hydrogen) atoms. The van der Waals surface area contributed by atoms with Crippen LogP contribution in [0.2, 0.25) is 0 Å². The molecule has 0 bridgehead atoms. The number of aromatic nitrogens is 3. The second-order valence-electron chi connectivity index (χ2n) is 25.0. The third kappa shape index (κ3) is 9.88. The van der Waals surface area contributed by atoms with Crippen molar-refractivity contribution in [3.8, 4) is 11.3 Å². The summed E-state index contributed by atoms with van der Waals surface area (Å²) in [7, 11) is 0. The zero-order valence-electron chi connectivity index (χ0n) is 46.8. The van der Waals surface area contributed by atoms with Crippen molar-refractivity contribution in [1.29, 1.82) is 0 Å². The van der Waals surface area contributed by atoms with E-state index >= 15 is 9.18 Å². The number of fused-ring (bicyclic) bond motifs is 4. The molecular formula is C64H75FN10O6. The number of rotatable bonds is 10. The van der Waals surface area contributed by atoms with Crippen LogP contribution < -0.4 is 15.5 Å². The van der Waals surface area contributed by atoms with Gasteiger partial charge in [-0.05, 0) is 163 Å². The van der Waals surface area contributed by atoms with Gasteiger partial charge in [-0.2, -0.15) is 0 Å². The fourth-order valence-corrected chi connectivity index (χ4v) is 15.1. The van der Waals surface area contributed by atoms with Crippen LogP contribution in [0.25, 0.3) is 22.3 Å². The maximum Gasteiger partial charge on any atom is 0.238 e. The van der Waals surface area contributed by atoms with Gasteiger partial charge in [-0.3, -0.25) is 34.1 Å². The predicted octanol–water partition coefficient (Wildman–Crippen LogP) is 8.94. The Kier molecular flexibility index (Phi) is 14.3. The highest BCUT2D eigenvalue weighted by molar-refractivity contribution is 6.10. The lowest BCUT2D eigenvalue weighted by atomic mass is 9.73. The van der Waals surface area contributed by atoms with Crippen molar-refractivity contribution in [2.75, 3.05) is 56.0 Å². The summed E-state index contributed by atoms with van der Waals surface area (Å²) >= 11 is 0. The van der Waals surface area contributed by atoms with E-state index in [9.17, 15) is 24.0 Å². The van der Waals surface area contributed by atoms with Crippen LogP contribution in [0.1, 0.15) is 144 Å². The minimum absolute atomic E-state index is 0.0713. The van der Waals surface area contributed by atoms with Gasteiger partial charge >= 0.3 is 0 Å². The number of carbonyl (C=O) groups excluding carboxylic acids is 6. The molecule has 6 aliphatic heterocycles. The van der Waals surface area contributed by atoms with E-state index < -0.39 is 5.41 Å². The van der Waals surface area contributed by atoms with E-state index in [-0.39, 0.29) is 77.0 Å². The Morgan fingerprint density at radius 3 is 2.10 bits per heavy atom. The molecule has 13 rings (SSSR count). The van der Waals surface area contributed by atoms with Crippen LogP contribution in [0, 0.1) is 23.6 Å². The number of likely N-dealkylation sites (tertiary alicyclic amines) is 3. The number of nitrogens with one attached hydrogen (secondary N) is 2. The molecule has 8 heterocycles. The van der Waals surface area contributed by atoms with Gasteiger partial charge in [0.2, 0.25) is 35.4 Å². The molecule has 17 heteroatoms. The van der Waals surface area contributed by atoms with Gasteiger partial charge < -0.3 is 34.4 Å². The summed E-state index contributed by atoms with van der Waals surface area (Å²) in [4.78, 5) is 103. The topological polar surface area (TPSA) is 173 Å². The number of nitrogens with zero attached hydrogens (tertiary/aromatic N) is 8. The second-order valence-corrected chi connectivity index (χ2v) is 25.0. The Balaban J connectivity index is 0.650. The van der Waals surface area contributed by atoms with Crippen LogP contribution in [0.15, 0.2) is 73.1 Å². The first-order valence-electron chi connectivity index (χ1n) is 30.2. The number of amides is 6. The molecule has 0 radical (unpaired) electrons. The zero-order chi connectivity index (χ0) is 55.7. The number of imidazole rings is 1. The number of imide groups is 1. The van der Waals surface area contributed by atoms with Crippen LogP contribution >= 0.6 is 0 Å². The van der Waals surface area contributed by atoms with Gasteiger partial charge in [0.1, 0.15) is 11.3 Å². The van der Waals surface area contributed by atoms with Crippen molar-refractivity contribution in [3.63, 3.8) is 0 Å². The number of hydrogen-bond acceptors (Lipinski definition) is 10. The average Bonchev–Trinajstić information content (AvgIpc) is 3.40. The molecule has 3 aromatic carbocycles. The molecule has 4 saturated heterocycles. The number of para-hydroxylation sites is 1. The lowest BCUT2D eigenvalue weighted by Crippen LogP contribution is -2.58. The van der Waals surface area contributed by atoms with E-state index in [1.54, 1.807) is 24.5 Å². The molecule has 2 aliphatic carbocycles. The van der Waals surface area contributed by atoms with E-state index in [2.05, 4.69) is 58.5 Å². The van der Waals surface area contributed by atoms with Crippen molar-refractivity contribution < 1.29 is 33.2 Å². The van der Waals surface area contributed by atoms with Gasteiger partial charge in [-0.1, -0.05) is 48.9 Å². The zero-order valence-corrected chi connectivity index (χ0v) is 46.8. The van der Waals surface area contributed by atoms with E-state index in [0.29, 0.717) is 127 Å². The highest BCUT2D eigenvalue weighted by atomic mass is 19.1. The number of halogens is 1. The van der Waals surface area contributed by atoms with Crippen molar-refractivity contribution in [1.82, 2.24) is 39.5 Å². The average molecular weight is 1100 g/mol. The molecule has 6 fully saturated rings. The number of hydrogen-bond donors (Lipinski definition) is 2. The van der Waals surface area contributed by atoms with Gasteiger partial charge in [-0.25, -0.2) is 14.4 Å². The Bertz CT molecular complexity index is 3300. The molecule has 1 spiro atoms. The molecule has 2 N–H and O–H groups in total. The molecule has 2 aromatic heterocycles. The summed E-state index contributed by atoms with van der Waals surface area (Å²) in [6.07, 6.45) is 13.9. The molecular weight excluding hydrogens is 1020 g/mol. The second kappa shape index (κ2) is 21.7. The standard InChI is InChI=1S/C64H75FN10O6/c1-39(2)74-38-66-54-36-53(68-58(57(54)74)67-52-9-5-4-8-51(52)65)45-16-18-50-55(33-45)75(48-34-47(35-48)70-25-6-3-7-26-70)63(81)64(50)23-30-72(31-24-64)61(79)43-21-27-71(28-22-43)60(78)41-11-13-42(14-12-41)62(80)73-29-20-40-10-15-44(32-46(40)37-73)49-17-19-56(76)69-59(49)77/h4-5,8-10,15-16,18,32-33,36,38-39,41-43,47-49H,3,6-7,11-14,17,19-31,34-35,37H2,1-2H3,(H,67,68)(H,69,76,77)/t41-,42-,47?,48?,49?. The fraction of sp³-hybridized carbons (Fsp3) is 0.531. The third-order valence-electron chi connectivity index (χ3n) is 20.0. The van der Waals surface area contributed by atoms with Crippen LogP contribution in [0.4, 0.5) is 21.6 Å². The summed E-state index contributed by atoms with van der Waals surface area (Å²) in [5, 5.41) is 5.75. The molecule has 2 saturated carbocycles. The van der Waals surface area contributed by atoms with Gasteiger partial charge in [0.15, 0.2) is 5.82 Å². The van der Waals surface area contributed by atoms with Gasteiger partial charge in [0.05, 0.1) is 34.6 Å². The molecule has 16 nitrogen and oxygen atoms in total. The number of anilines is 3. The molecule has 424 valence electrons. The highest BCUT2D eigenvalue weighted by Crippen LogP contribution is 2.53. The van der Waals surface area contributed by atoms with Crippen molar-refractivity contribution >= 4 is 63.7 Å². The normalized spacial score (nSPS) is 25.2. The van der Waals surface area contributed by atoms with E-state index in [1.807, 2.05) is 37.5 Å². The Labute approximate surface area is 473 Å². The maximum absolute atomic E-state index is 15.3. The monoisotopic (exact) mass is 1100 g/mol. The van der Waals surface area contributed by atoms with Crippen LogP contribution in [0.5, 0.6) is 0 Å². The maximum atomic E-state index is 15.3. The highest BCUT2D eigenvalue weighted by Gasteiger charge is 2.56. The van der Waals surface area contributed by atoms with E-state index in [0.717, 1.165) is 71.3 Å². The molecule has 6 amide bonds. The summed E-state index contributed by atoms with van der Waals surface area (Å²) in [6, 6.07) is 21.6. The Morgan fingerprint density at radius 2 is 1.40 bits per heavy atom. The first-order valence-corrected chi connectivity index (χ1v) is 30.2. The van der Waals surface area contributed by atoms with Gasteiger partial charge in [-0.15, -0.1) is 0 Å². The SMILES string of the molecule is CC(C)n1cnc2cc(-c3ccc4c(c3)N(C3CC(N5CCCCC5)C3)C(=O)C43CCN(C(=O)C4CCN(C(=O)[C@H]5CC[C@H](C(=O)N6CCc7ccc(C8CCC(=O)NC8=O)cc7C6)CC5)CC4)CC3)nc(Nc3ccccc3F)c21. The minimum Gasteiger partial charge on any atom is -0.342 e. The lowest BCUT2D eigenvalue weighted by molar-refractivity contribution is -0.145. The van der Waals surface area contributed by atoms with Gasteiger partial charge in [0.25, 0.3) is 0 Å². The minimum atomic E-state index is -0.756. The van der Waals surface area contributed by atoms with Gasteiger partial charge in [0, 0.05) is 92.8 Å². The van der Waals surface area contributed by atoms with Crippen molar-refractivity contribution in [2.24, 2.45) is 17.8 Å². The van der Waals surface area contributed by atoms with Crippen LogP contribution in [-0.2, 0) is 47.1 Å². The first-order chi connectivity index (χ1) is 39.3. The molecule has 1 unspecified atom stereocenters. The molecule has 1 atom stereocenters. The quantitative estimate of drug-likeness (QED) is 0.129. The molecule has 5 aromatic rings. The van der Waals surface area contributed by atoms with Crippen LogP contribution in [-0.4, -0.2) is 127 Å². The summed E-state index contributed by atoms with van der Waals surface area (Å²) in [6.45, 7) is 9.55. The van der Waals surface area contributed by atoms with Crippen LogP contribution in [0.3, 0.4) is 0 Å². The van der Waals surface area contributed by atoms with Crippen molar-refractivity contribution in [3.05, 3.63) is 101 Å². The third-order valence-corrected chi connectivity index (χ3v) is 20.0. The van der Waals surface area contributed by atoms with E-state index in [1.165, 1.54) is 30.9 Å². The van der Waals surface area contributed by atoms with E-state index in [4.69, 9.17) is 9.97 Å². The lowest BCUT2D eigenvalue weighted by Gasteiger charge is -2.48. The summed E-state index contributed by atoms with van der Waals surface area (Å²) in [5.74, 6) is -0.669. The fourth-order valence-electron chi connectivity index (χ4n) is 15.1.